The van der Waals surface area contributed by atoms with Crippen molar-refractivity contribution in [3.63, 3.8) is 0 Å². The largest absolute Gasteiger partial charge is 0.497 e. The van der Waals surface area contributed by atoms with Crippen LogP contribution in [0, 0.1) is 0 Å². The lowest BCUT2D eigenvalue weighted by Gasteiger charge is -2.11. The maximum absolute atomic E-state index is 5.12. The molecule has 0 aliphatic carbocycles. The molecule has 4 heteroatoms. The summed E-state index contributed by atoms with van der Waals surface area (Å²) in [7, 11) is 1.65. The second kappa shape index (κ2) is 4.77. The minimum absolute atomic E-state index is 0.124. The number of thiol groups is 1. The Morgan fingerprint density at radius 2 is 2.15 bits per heavy atom. The van der Waals surface area contributed by atoms with E-state index < -0.39 is 0 Å². The van der Waals surface area contributed by atoms with Crippen LogP contribution < -0.4 is 10.1 Å². The van der Waals surface area contributed by atoms with Gasteiger partial charge in [0.1, 0.15) is 5.75 Å². The van der Waals surface area contributed by atoms with Crippen molar-refractivity contribution >= 4 is 34.2 Å². The van der Waals surface area contributed by atoms with Gasteiger partial charge in [-0.2, -0.15) is 12.6 Å². The summed E-state index contributed by atoms with van der Waals surface area (Å²) in [6.45, 7) is 1.97. The number of halogens is 1. The summed E-state index contributed by atoms with van der Waals surface area (Å²) in [5.74, 6) is 0.825. The van der Waals surface area contributed by atoms with E-state index in [9.17, 15) is 0 Å². The second-order valence-electron chi connectivity index (χ2n) is 2.70. The van der Waals surface area contributed by atoms with E-state index in [2.05, 4.69) is 33.9 Å². The molecule has 2 nitrogen and oxygen atoms in total. The molecule has 1 unspecified atom stereocenters. The maximum Gasteiger partial charge on any atom is 0.122 e. The standard InChI is InChI=1S/C9H12BrNOS/c1-6(13)11-8-3-7(10)4-9(5-8)12-2/h3-6,11,13H,1-2H3. The summed E-state index contributed by atoms with van der Waals surface area (Å²) < 4.78 is 6.11. The zero-order chi connectivity index (χ0) is 9.84. The van der Waals surface area contributed by atoms with Gasteiger partial charge in [0.15, 0.2) is 0 Å². The van der Waals surface area contributed by atoms with Crippen LogP contribution in [-0.2, 0) is 0 Å². The van der Waals surface area contributed by atoms with Crippen molar-refractivity contribution in [1.29, 1.82) is 0 Å². The fourth-order valence-electron chi connectivity index (χ4n) is 1.01. The maximum atomic E-state index is 5.12. The van der Waals surface area contributed by atoms with Gasteiger partial charge in [-0.05, 0) is 19.1 Å². The molecule has 0 aromatic heterocycles. The van der Waals surface area contributed by atoms with Gasteiger partial charge >= 0.3 is 0 Å². The number of hydrogen-bond acceptors (Lipinski definition) is 3. The normalized spacial score (nSPS) is 12.3. The third kappa shape index (κ3) is 3.48. The first-order valence-corrected chi connectivity index (χ1v) is 5.22. The molecule has 0 radical (unpaired) electrons. The third-order valence-corrected chi connectivity index (χ3v) is 2.07. The van der Waals surface area contributed by atoms with E-state index in [0.29, 0.717) is 0 Å². The van der Waals surface area contributed by atoms with Crippen molar-refractivity contribution in [2.45, 2.75) is 12.3 Å². The Kier molecular flexibility index (Phi) is 3.93. The Balaban J connectivity index is 2.88. The topological polar surface area (TPSA) is 21.3 Å². The molecule has 0 aliphatic heterocycles. The minimum atomic E-state index is 0.124. The Hall–Kier alpha value is -0.350. The third-order valence-electron chi connectivity index (χ3n) is 1.48. The van der Waals surface area contributed by atoms with Gasteiger partial charge in [-0.25, -0.2) is 0 Å². The first kappa shape index (κ1) is 10.7. The molecule has 13 heavy (non-hydrogen) atoms. The molecule has 1 atom stereocenters. The molecule has 0 saturated heterocycles. The molecule has 72 valence electrons. The van der Waals surface area contributed by atoms with Crippen LogP contribution in [-0.4, -0.2) is 12.5 Å². The Bertz CT molecular complexity index is 291. The smallest absolute Gasteiger partial charge is 0.122 e. The number of benzene rings is 1. The summed E-state index contributed by atoms with van der Waals surface area (Å²) >= 11 is 7.64. The Morgan fingerprint density at radius 1 is 1.46 bits per heavy atom. The molecule has 0 bridgehead atoms. The van der Waals surface area contributed by atoms with Gasteiger partial charge in [0, 0.05) is 16.2 Å². The van der Waals surface area contributed by atoms with Gasteiger partial charge in [0.2, 0.25) is 0 Å². The fourth-order valence-corrected chi connectivity index (χ4v) is 1.63. The molecule has 1 rings (SSSR count). The Morgan fingerprint density at radius 3 is 2.69 bits per heavy atom. The summed E-state index contributed by atoms with van der Waals surface area (Å²) in [5, 5.41) is 3.30. The number of nitrogens with one attached hydrogen (secondary N) is 1. The van der Waals surface area contributed by atoms with Gasteiger partial charge in [-0.1, -0.05) is 15.9 Å². The molecule has 0 amide bonds. The number of hydrogen-bond donors (Lipinski definition) is 2. The highest BCUT2D eigenvalue weighted by molar-refractivity contribution is 9.10. The number of methoxy groups -OCH3 is 1. The molecule has 0 spiro atoms. The zero-order valence-electron chi connectivity index (χ0n) is 7.54. The van der Waals surface area contributed by atoms with E-state index in [1.165, 1.54) is 0 Å². The highest BCUT2D eigenvalue weighted by Crippen LogP contribution is 2.25. The van der Waals surface area contributed by atoms with Crippen molar-refractivity contribution in [2.24, 2.45) is 0 Å². The molecule has 0 heterocycles. The molecule has 1 aromatic carbocycles. The highest BCUT2D eigenvalue weighted by atomic mass is 79.9. The van der Waals surface area contributed by atoms with Crippen LogP contribution in [0.5, 0.6) is 5.75 Å². The van der Waals surface area contributed by atoms with E-state index in [0.717, 1.165) is 15.9 Å². The summed E-state index contributed by atoms with van der Waals surface area (Å²) in [4.78, 5) is 0. The van der Waals surface area contributed by atoms with Crippen molar-refractivity contribution in [1.82, 2.24) is 0 Å². The number of ether oxygens (including phenoxy) is 1. The first-order valence-electron chi connectivity index (χ1n) is 3.91. The van der Waals surface area contributed by atoms with Crippen molar-refractivity contribution < 1.29 is 4.74 Å². The summed E-state index contributed by atoms with van der Waals surface area (Å²) in [5.41, 5.74) is 0.994. The van der Waals surface area contributed by atoms with Gasteiger partial charge in [-0.15, -0.1) is 0 Å². The number of anilines is 1. The van der Waals surface area contributed by atoms with Gasteiger partial charge in [0.25, 0.3) is 0 Å². The lowest BCUT2D eigenvalue weighted by atomic mass is 10.3. The quantitative estimate of drug-likeness (QED) is 0.645. The SMILES string of the molecule is COc1cc(Br)cc(NC(C)S)c1. The van der Waals surface area contributed by atoms with Crippen LogP contribution in [0.2, 0.25) is 0 Å². The second-order valence-corrected chi connectivity index (χ2v) is 4.39. The lowest BCUT2D eigenvalue weighted by molar-refractivity contribution is 0.414. The van der Waals surface area contributed by atoms with Crippen molar-refractivity contribution in [3.05, 3.63) is 22.7 Å². The molecular weight excluding hydrogens is 250 g/mol. The molecule has 0 saturated carbocycles. The zero-order valence-corrected chi connectivity index (χ0v) is 10.0. The minimum Gasteiger partial charge on any atom is -0.497 e. The van der Waals surface area contributed by atoms with Gasteiger partial charge in [-0.3, -0.25) is 0 Å². The van der Waals surface area contributed by atoms with E-state index in [1.807, 2.05) is 25.1 Å². The Labute approximate surface area is 92.2 Å². The van der Waals surface area contributed by atoms with E-state index in [4.69, 9.17) is 4.74 Å². The lowest BCUT2D eigenvalue weighted by Crippen LogP contribution is -2.06. The van der Waals surface area contributed by atoms with E-state index >= 15 is 0 Å². The molecule has 0 aliphatic rings. The first-order chi connectivity index (χ1) is 6.11. The van der Waals surface area contributed by atoms with Crippen LogP contribution in [0.3, 0.4) is 0 Å². The molecule has 1 N–H and O–H groups in total. The van der Waals surface area contributed by atoms with Crippen LogP contribution in [0.1, 0.15) is 6.92 Å². The summed E-state index contributed by atoms with van der Waals surface area (Å²) in [6.07, 6.45) is 0. The van der Waals surface area contributed by atoms with Crippen LogP contribution >= 0.6 is 28.6 Å². The van der Waals surface area contributed by atoms with E-state index in [1.54, 1.807) is 7.11 Å². The number of rotatable bonds is 3. The molecule has 1 aromatic rings. The van der Waals surface area contributed by atoms with Gasteiger partial charge < -0.3 is 10.1 Å². The average Bonchev–Trinajstić information content (AvgIpc) is 2.01. The van der Waals surface area contributed by atoms with Crippen LogP contribution in [0.25, 0.3) is 0 Å². The summed E-state index contributed by atoms with van der Waals surface area (Å²) in [6, 6.07) is 5.82. The van der Waals surface area contributed by atoms with Crippen LogP contribution in [0.4, 0.5) is 5.69 Å². The highest BCUT2D eigenvalue weighted by Gasteiger charge is 2.00. The average molecular weight is 262 g/mol. The van der Waals surface area contributed by atoms with E-state index in [-0.39, 0.29) is 5.37 Å². The van der Waals surface area contributed by atoms with Crippen molar-refractivity contribution in [2.75, 3.05) is 12.4 Å². The fraction of sp³-hybridized carbons (Fsp3) is 0.333. The predicted octanol–water partition coefficient (Wildman–Crippen LogP) is 3.15. The monoisotopic (exact) mass is 261 g/mol. The van der Waals surface area contributed by atoms with Crippen LogP contribution in [0.15, 0.2) is 22.7 Å². The molecule has 0 fully saturated rings. The van der Waals surface area contributed by atoms with Gasteiger partial charge in [0.05, 0.1) is 12.5 Å². The predicted molar refractivity (Wildman–Crippen MR) is 62.8 cm³/mol. The molecular formula is C9H12BrNOS. The van der Waals surface area contributed by atoms with Crippen molar-refractivity contribution in [3.8, 4) is 5.75 Å².